The lowest BCUT2D eigenvalue weighted by Gasteiger charge is -2.27. The highest BCUT2D eigenvalue weighted by Crippen LogP contribution is 2.27. The molecule has 0 bridgehead atoms. The third-order valence-corrected chi connectivity index (χ3v) is 5.33. The van der Waals surface area contributed by atoms with Crippen LogP contribution in [0.3, 0.4) is 0 Å². The molecular formula is C22H22F2N4O3. The lowest BCUT2D eigenvalue weighted by molar-refractivity contribution is 0.0991. The fraction of sp³-hybridized carbons (Fsp3) is 0.318. The number of amides is 1. The summed E-state index contributed by atoms with van der Waals surface area (Å²) in [5.74, 6) is -1.14. The summed E-state index contributed by atoms with van der Waals surface area (Å²) in [4.78, 5) is 26.7. The van der Waals surface area contributed by atoms with Crippen LogP contribution in [-0.2, 0) is 4.74 Å². The summed E-state index contributed by atoms with van der Waals surface area (Å²) in [6.45, 7) is 1.02. The zero-order valence-corrected chi connectivity index (χ0v) is 17.0. The fourth-order valence-electron chi connectivity index (χ4n) is 3.82. The molecule has 2 heterocycles. The summed E-state index contributed by atoms with van der Waals surface area (Å²) in [6, 6.07) is 9.95. The van der Waals surface area contributed by atoms with Crippen LogP contribution in [0.4, 0.5) is 19.4 Å². The minimum absolute atomic E-state index is 0.133. The van der Waals surface area contributed by atoms with E-state index in [4.69, 9.17) is 4.74 Å². The SMILES string of the molecule is CNC(=O)O[C@@H]1CCCCN(c2nn(-c3ccc(F)cc3F)c(=O)c3ccccc23)C1. The highest BCUT2D eigenvalue weighted by molar-refractivity contribution is 5.91. The molecule has 2 aromatic carbocycles. The molecule has 1 aliphatic rings. The maximum atomic E-state index is 14.5. The lowest BCUT2D eigenvalue weighted by atomic mass is 10.1. The van der Waals surface area contributed by atoms with Crippen LogP contribution in [-0.4, -0.2) is 42.1 Å². The van der Waals surface area contributed by atoms with E-state index >= 15 is 0 Å². The average molecular weight is 428 g/mol. The average Bonchev–Trinajstić information content (AvgIpc) is 3.00. The number of rotatable bonds is 3. The number of carbonyl (C=O) groups excluding carboxylic acids is 1. The van der Waals surface area contributed by atoms with Crippen molar-refractivity contribution < 1.29 is 18.3 Å². The molecular weight excluding hydrogens is 406 g/mol. The maximum Gasteiger partial charge on any atom is 0.407 e. The summed E-state index contributed by atoms with van der Waals surface area (Å²) < 4.78 is 34.3. The van der Waals surface area contributed by atoms with E-state index in [1.807, 2.05) is 4.90 Å². The van der Waals surface area contributed by atoms with Crippen molar-refractivity contribution >= 4 is 22.7 Å². The van der Waals surface area contributed by atoms with Gasteiger partial charge in [0, 0.05) is 25.0 Å². The molecule has 1 fully saturated rings. The van der Waals surface area contributed by atoms with Crippen molar-refractivity contribution in [3.05, 3.63) is 64.5 Å². The van der Waals surface area contributed by atoms with Gasteiger partial charge in [-0.2, -0.15) is 4.68 Å². The highest BCUT2D eigenvalue weighted by Gasteiger charge is 2.25. The molecule has 9 heteroatoms. The van der Waals surface area contributed by atoms with E-state index in [1.54, 1.807) is 24.3 Å². The molecule has 1 aliphatic heterocycles. The van der Waals surface area contributed by atoms with E-state index in [1.165, 1.54) is 13.1 Å². The number of nitrogens with one attached hydrogen (secondary N) is 1. The third-order valence-electron chi connectivity index (χ3n) is 5.33. The number of carbonyl (C=O) groups is 1. The van der Waals surface area contributed by atoms with Gasteiger partial charge in [-0.05, 0) is 37.5 Å². The Morgan fingerprint density at radius 1 is 1.16 bits per heavy atom. The van der Waals surface area contributed by atoms with Crippen molar-refractivity contribution in [2.24, 2.45) is 0 Å². The van der Waals surface area contributed by atoms with Gasteiger partial charge >= 0.3 is 6.09 Å². The second kappa shape index (κ2) is 8.71. The van der Waals surface area contributed by atoms with Crippen LogP contribution in [0.15, 0.2) is 47.3 Å². The van der Waals surface area contributed by atoms with E-state index in [-0.39, 0.29) is 11.8 Å². The molecule has 0 unspecified atom stereocenters. The summed E-state index contributed by atoms with van der Waals surface area (Å²) >= 11 is 0. The summed E-state index contributed by atoms with van der Waals surface area (Å²) in [6.07, 6.45) is 1.54. The second-order valence-electron chi connectivity index (χ2n) is 7.40. The predicted octanol–water partition coefficient (Wildman–Crippen LogP) is 3.38. The number of ether oxygens (including phenoxy) is 1. The number of aromatic nitrogens is 2. The molecule has 0 radical (unpaired) electrons. The number of fused-ring (bicyclic) bond motifs is 1. The largest absolute Gasteiger partial charge is 0.444 e. The monoisotopic (exact) mass is 428 g/mol. The normalized spacial score (nSPS) is 16.7. The van der Waals surface area contributed by atoms with Gasteiger partial charge in [-0.1, -0.05) is 18.2 Å². The molecule has 0 aliphatic carbocycles. The summed E-state index contributed by atoms with van der Waals surface area (Å²) in [7, 11) is 1.50. The van der Waals surface area contributed by atoms with Gasteiger partial charge in [0.1, 0.15) is 17.6 Å². The first-order valence-corrected chi connectivity index (χ1v) is 10.1. The Labute approximate surface area is 177 Å². The van der Waals surface area contributed by atoms with Crippen LogP contribution < -0.4 is 15.8 Å². The van der Waals surface area contributed by atoms with Crippen LogP contribution in [0.2, 0.25) is 0 Å². The van der Waals surface area contributed by atoms with Crippen molar-refractivity contribution in [1.82, 2.24) is 15.1 Å². The number of anilines is 1. The number of hydrogen-bond donors (Lipinski definition) is 1. The lowest BCUT2D eigenvalue weighted by Crippen LogP contribution is -2.37. The van der Waals surface area contributed by atoms with Crippen molar-refractivity contribution in [3.63, 3.8) is 0 Å². The Bertz CT molecular complexity index is 1180. The van der Waals surface area contributed by atoms with Crippen LogP contribution in [0.5, 0.6) is 0 Å². The van der Waals surface area contributed by atoms with Crippen LogP contribution >= 0.6 is 0 Å². The summed E-state index contributed by atoms with van der Waals surface area (Å²) in [5.41, 5.74) is -0.635. The molecule has 1 aromatic heterocycles. The molecule has 1 amide bonds. The van der Waals surface area contributed by atoms with Gasteiger partial charge in [-0.25, -0.2) is 13.6 Å². The van der Waals surface area contributed by atoms with Crippen molar-refractivity contribution in [3.8, 4) is 5.69 Å². The first-order chi connectivity index (χ1) is 15.0. The number of nitrogens with zero attached hydrogens (tertiary/aromatic N) is 3. The van der Waals surface area contributed by atoms with Gasteiger partial charge in [0.15, 0.2) is 11.6 Å². The maximum absolute atomic E-state index is 14.5. The predicted molar refractivity (Wildman–Crippen MR) is 113 cm³/mol. The minimum Gasteiger partial charge on any atom is -0.444 e. The van der Waals surface area contributed by atoms with Crippen molar-refractivity contribution in [1.29, 1.82) is 0 Å². The zero-order chi connectivity index (χ0) is 22.0. The van der Waals surface area contributed by atoms with E-state index < -0.39 is 23.3 Å². The summed E-state index contributed by atoms with van der Waals surface area (Å²) in [5, 5.41) is 7.91. The third kappa shape index (κ3) is 4.21. The van der Waals surface area contributed by atoms with Crippen molar-refractivity contribution in [2.75, 3.05) is 25.0 Å². The van der Waals surface area contributed by atoms with Crippen LogP contribution in [0, 0.1) is 11.6 Å². The van der Waals surface area contributed by atoms with E-state index in [0.29, 0.717) is 36.1 Å². The Hall–Kier alpha value is -3.49. The van der Waals surface area contributed by atoms with Gasteiger partial charge in [0.25, 0.3) is 5.56 Å². The van der Waals surface area contributed by atoms with Crippen LogP contribution in [0.1, 0.15) is 19.3 Å². The van der Waals surface area contributed by atoms with Gasteiger partial charge in [0.05, 0.1) is 11.9 Å². The number of benzene rings is 2. The molecule has 7 nitrogen and oxygen atoms in total. The molecule has 1 atom stereocenters. The number of alkyl carbamates (subject to hydrolysis) is 1. The van der Waals surface area contributed by atoms with Gasteiger partial charge in [0.2, 0.25) is 0 Å². The Kier molecular flexibility index (Phi) is 5.83. The quantitative estimate of drug-likeness (QED) is 0.692. The smallest absolute Gasteiger partial charge is 0.407 e. The standard InChI is InChI=1S/C22H22F2N4O3/c1-25-22(30)31-15-6-4-5-11-27(13-15)20-16-7-2-3-8-17(16)21(29)28(26-20)19-10-9-14(23)12-18(19)24/h2-3,7-10,12,15H,4-6,11,13H2,1H3,(H,25,30)/t15-/m1/s1. The van der Waals surface area contributed by atoms with Gasteiger partial charge in [-0.15, -0.1) is 5.10 Å². The molecule has 3 aromatic rings. The number of hydrogen-bond acceptors (Lipinski definition) is 5. The number of halogens is 2. The molecule has 0 saturated carbocycles. The molecule has 1 saturated heterocycles. The Morgan fingerprint density at radius 2 is 1.94 bits per heavy atom. The fourth-order valence-corrected chi connectivity index (χ4v) is 3.82. The van der Waals surface area contributed by atoms with E-state index in [9.17, 15) is 18.4 Å². The molecule has 4 rings (SSSR count). The minimum atomic E-state index is -0.882. The topological polar surface area (TPSA) is 76.5 Å². The van der Waals surface area contributed by atoms with Gasteiger partial charge < -0.3 is 15.0 Å². The highest BCUT2D eigenvalue weighted by atomic mass is 19.1. The Morgan fingerprint density at radius 3 is 2.68 bits per heavy atom. The molecule has 162 valence electrons. The molecule has 31 heavy (non-hydrogen) atoms. The van der Waals surface area contributed by atoms with E-state index in [2.05, 4.69) is 10.4 Å². The van der Waals surface area contributed by atoms with Gasteiger partial charge in [-0.3, -0.25) is 4.79 Å². The first-order valence-electron chi connectivity index (χ1n) is 10.1. The first kappa shape index (κ1) is 20.8. The Balaban J connectivity index is 1.84. The zero-order valence-electron chi connectivity index (χ0n) is 17.0. The van der Waals surface area contributed by atoms with Crippen molar-refractivity contribution in [2.45, 2.75) is 25.4 Å². The van der Waals surface area contributed by atoms with Crippen LogP contribution in [0.25, 0.3) is 16.5 Å². The second-order valence-corrected chi connectivity index (χ2v) is 7.40. The molecule has 1 N–H and O–H groups in total. The molecule has 0 spiro atoms. The van der Waals surface area contributed by atoms with E-state index in [0.717, 1.165) is 29.7 Å².